The SMILES string of the molecule is CC/C=C\C/C=C\C/C=C\C/C=C\C/C=C\C/C=C\CCCCCCC(=O)NC(COP(=O)(O)OCCN)C(O)CCCCCCCCCCCCCCCCCCC. The molecule has 0 aromatic carbocycles. The van der Waals surface area contributed by atoms with Crippen molar-refractivity contribution in [3.63, 3.8) is 0 Å². The molecule has 0 aliphatic rings. The van der Waals surface area contributed by atoms with Gasteiger partial charge in [-0.15, -0.1) is 0 Å². The molecule has 3 atom stereocenters. The Morgan fingerprint density at radius 3 is 1.44 bits per heavy atom. The molecular weight excluding hydrogens is 756 g/mol. The van der Waals surface area contributed by atoms with Gasteiger partial charge in [0.2, 0.25) is 5.91 Å². The first kappa shape index (κ1) is 56.9. The molecule has 8 nitrogen and oxygen atoms in total. The van der Waals surface area contributed by atoms with Crippen LogP contribution in [0.5, 0.6) is 0 Å². The number of carbonyl (C=O) groups excluding carboxylic acids is 1. The van der Waals surface area contributed by atoms with Crippen LogP contribution in [0.4, 0.5) is 0 Å². The minimum atomic E-state index is -4.33. The second-order valence-corrected chi connectivity index (χ2v) is 17.4. The minimum absolute atomic E-state index is 0.0808. The van der Waals surface area contributed by atoms with E-state index in [9.17, 15) is 19.4 Å². The Balaban J connectivity index is 4.18. The monoisotopic (exact) mass is 847 g/mol. The molecule has 0 heterocycles. The molecule has 342 valence electrons. The van der Waals surface area contributed by atoms with Crippen molar-refractivity contribution in [2.24, 2.45) is 5.73 Å². The number of amides is 1. The highest BCUT2D eigenvalue weighted by Gasteiger charge is 2.27. The summed E-state index contributed by atoms with van der Waals surface area (Å²) in [5.41, 5.74) is 5.39. The summed E-state index contributed by atoms with van der Waals surface area (Å²) in [5.74, 6) is -0.187. The molecule has 3 unspecified atom stereocenters. The number of rotatable bonds is 44. The topological polar surface area (TPSA) is 131 Å². The van der Waals surface area contributed by atoms with E-state index in [0.29, 0.717) is 12.8 Å². The molecule has 5 N–H and O–H groups in total. The number of hydrogen-bond acceptors (Lipinski definition) is 6. The molecule has 0 spiro atoms. The van der Waals surface area contributed by atoms with Crippen LogP contribution in [0.15, 0.2) is 72.9 Å². The lowest BCUT2D eigenvalue weighted by Crippen LogP contribution is -2.46. The molecule has 9 heteroatoms. The van der Waals surface area contributed by atoms with Gasteiger partial charge in [0.25, 0.3) is 0 Å². The van der Waals surface area contributed by atoms with Crippen LogP contribution in [0.2, 0.25) is 0 Å². The Bertz CT molecular complexity index is 1150. The fourth-order valence-electron chi connectivity index (χ4n) is 6.73. The van der Waals surface area contributed by atoms with Gasteiger partial charge in [0.1, 0.15) is 0 Å². The third kappa shape index (κ3) is 43.8. The van der Waals surface area contributed by atoms with Crippen LogP contribution in [0, 0.1) is 0 Å². The molecule has 0 saturated heterocycles. The highest BCUT2D eigenvalue weighted by Crippen LogP contribution is 2.43. The molecule has 1 amide bonds. The fraction of sp³-hybridized carbons (Fsp3) is 0.740. The van der Waals surface area contributed by atoms with Crippen molar-refractivity contribution in [2.75, 3.05) is 19.8 Å². The van der Waals surface area contributed by atoms with E-state index in [4.69, 9.17) is 14.8 Å². The third-order valence-corrected chi connectivity index (χ3v) is 11.3. The number of hydrogen-bond donors (Lipinski definition) is 4. The molecule has 0 saturated carbocycles. The fourth-order valence-corrected chi connectivity index (χ4v) is 7.49. The molecule has 0 fully saturated rings. The smallest absolute Gasteiger partial charge is 0.391 e. The molecule has 0 radical (unpaired) electrons. The average molecular weight is 847 g/mol. The third-order valence-electron chi connectivity index (χ3n) is 10.3. The van der Waals surface area contributed by atoms with Crippen molar-refractivity contribution in [2.45, 2.75) is 219 Å². The maximum absolute atomic E-state index is 12.8. The zero-order valence-electron chi connectivity index (χ0n) is 38.0. The van der Waals surface area contributed by atoms with Crippen LogP contribution in [0.3, 0.4) is 0 Å². The summed E-state index contributed by atoms with van der Waals surface area (Å²) >= 11 is 0. The Morgan fingerprint density at radius 2 is 0.983 bits per heavy atom. The van der Waals surface area contributed by atoms with Crippen LogP contribution in [-0.2, 0) is 18.4 Å². The molecule has 0 aromatic rings. The zero-order valence-corrected chi connectivity index (χ0v) is 38.9. The highest BCUT2D eigenvalue weighted by molar-refractivity contribution is 7.47. The first-order valence-corrected chi connectivity index (χ1v) is 25.5. The minimum Gasteiger partial charge on any atom is -0.391 e. The van der Waals surface area contributed by atoms with Gasteiger partial charge < -0.3 is 21.1 Å². The van der Waals surface area contributed by atoms with Gasteiger partial charge in [-0.1, -0.05) is 209 Å². The average Bonchev–Trinajstić information content (AvgIpc) is 3.22. The molecule has 0 rings (SSSR count). The maximum atomic E-state index is 12.8. The summed E-state index contributed by atoms with van der Waals surface area (Å²) in [4.78, 5) is 22.8. The van der Waals surface area contributed by atoms with E-state index in [1.807, 2.05) is 0 Å². The number of phosphoric acid groups is 1. The predicted molar refractivity (Wildman–Crippen MR) is 253 cm³/mol. The molecule has 0 aromatic heterocycles. The van der Waals surface area contributed by atoms with Crippen molar-refractivity contribution >= 4 is 13.7 Å². The Morgan fingerprint density at radius 1 is 0.576 bits per heavy atom. The number of nitrogens with two attached hydrogens (primary N) is 1. The number of carbonyl (C=O) groups is 1. The molecule has 59 heavy (non-hydrogen) atoms. The van der Waals surface area contributed by atoms with Gasteiger partial charge in [-0.2, -0.15) is 0 Å². The standard InChI is InChI=1S/C50H91N2O6P/c1-3-5-7-9-11-13-15-17-19-21-22-23-24-25-26-28-30-32-34-36-38-40-42-44-50(54)52-48(47-58-59(55,56)57-46-45-51)49(53)43-41-39-37-35-33-31-29-27-20-18-16-14-12-10-8-6-4-2/h5,7,11,13,17,19,22-23,25-26,30,32,48-49,53H,3-4,6,8-10,12,14-16,18,20-21,24,27-29,31,33-47,51H2,1-2H3,(H,52,54)(H,55,56)/b7-5-,13-11-,19-17-,23-22-,26-25-,32-30-. The van der Waals surface area contributed by atoms with Gasteiger partial charge in [-0.05, 0) is 64.2 Å². The Hall–Kier alpha value is -2.06. The Kier molecular flexibility index (Phi) is 43.9. The molecular formula is C50H91N2O6P. The summed E-state index contributed by atoms with van der Waals surface area (Å²) in [6, 6.07) is -0.793. The predicted octanol–water partition coefficient (Wildman–Crippen LogP) is 14.0. The lowest BCUT2D eigenvalue weighted by atomic mass is 10.0. The van der Waals surface area contributed by atoms with Crippen molar-refractivity contribution in [1.29, 1.82) is 0 Å². The van der Waals surface area contributed by atoms with Gasteiger partial charge in [-0.3, -0.25) is 13.8 Å². The Labute approximate surface area is 363 Å². The number of allylic oxidation sites excluding steroid dienone is 12. The van der Waals surface area contributed by atoms with E-state index in [0.717, 1.165) is 89.9 Å². The van der Waals surface area contributed by atoms with Crippen molar-refractivity contribution < 1.29 is 28.4 Å². The van der Waals surface area contributed by atoms with Crippen LogP contribution < -0.4 is 11.1 Å². The second-order valence-electron chi connectivity index (χ2n) is 15.9. The number of phosphoric ester groups is 1. The quantitative estimate of drug-likeness (QED) is 0.0273. The largest absolute Gasteiger partial charge is 0.472 e. The van der Waals surface area contributed by atoms with Crippen molar-refractivity contribution in [3.8, 4) is 0 Å². The van der Waals surface area contributed by atoms with Crippen LogP contribution in [0.25, 0.3) is 0 Å². The lowest BCUT2D eigenvalue weighted by molar-refractivity contribution is -0.123. The van der Waals surface area contributed by atoms with Gasteiger partial charge in [0, 0.05) is 13.0 Å². The van der Waals surface area contributed by atoms with Gasteiger partial charge in [-0.25, -0.2) is 4.57 Å². The summed E-state index contributed by atoms with van der Waals surface area (Å²) in [6.07, 6.45) is 59.1. The number of aliphatic hydroxyl groups excluding tert-OH is 1. The number of aliphatic hydroxyl groups is 1. The van der Waals surface area contributed by atoms with E-state index < -0.39 is 20.0 Å². The van der Waals surface area contributed by atoms with Gasteiger partial charge in [0.05, 0.1) is 25.4 Å². The van der Waals surface area contributed by atoms with E-state index in [1.54, 1.807) is 0 Å². The summed E-state index contributed by atoms with van der Waals surface area (Å²) in [7, 11) is -4.33. The van der Waals surface area contributed by atoms with E-state index >= 15 is 0 Å². The molecule has 0 aliphatic carbocycles. The van der Waals surface area contributed by atoms with Crippen molar-refractivity contribution in [3.05, 3.63) is 72.9 Å². The number of unbranched alkanes of at least 4 members (excludes halogenated alkanes) is 20. The normalized spacial score (nSPS) is 14.6. The summed E-state index contributed by atoms with van der Waals surface area (Å²) in [6.45, 7) is 4.08. The van der Waals surface area contributed by atoms with Crippen LogP contribution in [-0.4, -0.2) is 47.8 Å². The summed E-state index contributed by atoms with van der Waals surface area (Å²) in [5, 5.41) is 13.8. The number of nitrogens with one attached hydrogen (secondary N) is 1. The highest BCUT2D eigenvalue weighted by atomic mass is 31.2. The second kappa shape index (κ2) is 45.5. The van der Waals surface area contributed by atoms with E-state index in [1.165, 1.54) is 89.9 Å². The van der Waals surface area contributed by atoms with Crippen LogP contribution in [0.1, 0.15) is 206 Å². The van der Waals surface area contributed by atoms with Gasteiger partial charge >= 0.3 is 7.82 Å². The van der Waals surface area contributed by atoms with Crippen LogP contribution >= 0.6 is 7.82 Å². The zero-order chi connectivity index (χ0) is 43.2. The first-order valence-electron chi connectivity index (χ1n) is 24.1. The van der Waals surface area contributed by atoms with Gasteiger partial charge in [0.15, 0.2) is 0 Å². The summed E-state index contributed by atoms with van der Waals surface area (Å²) < 4.78 is 22.2. The molecule has 0 bridgehead atoms. The molecule has 0 aliphatic heterocycles. The maximum Gasteiger partial charge on any atom is 0.472 e. The lowest BCUT2D eigenvalue weighted by Gasteiger charge is -2.25. The first-order chi connectivity index (χ1) is 28.9. The van der Waals surface area contributed by atoms with E-state index in [-0.39, 0.29) is 25.7 Å². The van der Waals surface area contributed by atoms with E-state index in [2.05, 4.69) is 92.1 Å². The van der Waals surface area contributed by atoms with Crippen molar-refractivity contribution in [1.82, 2.24) is 5.32 Å².